The van der Waals surface area contributed by atoms with Crippen LogP contribution in [-0.4, -0.2) is 11.2 Å². The van der Waals surface area contributed by atoms with Gasteiger partial charge in [0.05, 0.1) is 6.10 Å². The van der Waals surface area contributed by atoms with E-state index >= 15 is 0 Å². The maximum atomic E-state index is 9.12. The zero-order valence-electron chi connectivity index (χ0n) is 12.7. The molecule has 1 N–H and O–H groups in total. The minimum atomic E-state index is -0.107. The number of allylic oxidation sites excluding steroid dienone is 2. The molecule has 0 aromatic carbocycles. The molecule has 1 unspecified atom stereocenters. The summed E-state index contributed by atoms with van der Waals surface area (Å²) in [7, 11) is 0. The van der Waals surface area contributed by atoms with E-state index < -0.39 is 0 Å². The van der Waals surface area contributed by atoms with Crippen LogP contribution in [0, 0.1) is 0 Å². The standard InChI is InChI=1S/C17H34O/c1-3-4-5-6-7-8-9-10-11-12-13-14-15-16-17(2)18/h6-7,17-18H,3-5,8-16H2,1-2H3/b7-6+. The molecule has 0 radical (unpaired) electrons. The highest BCUT2D eigenvalue weighted by Gasteiger charge is 1.95. The molecule has 0 amide bonds. The number of hydrogen-bond donors (Lipinski definition) is 1. The van der Waals surface area contributed by atoms with Crippen molar-refractivity contribution in [3.63, 3.8) is 0 Å². The van der Waals surface area contributed by atoms with Crippen molar-refractivity contribution < 1.29 is 5.11 Å². The minimum Gasteiger partial charge on any atom is -0.393 e. The Kier molecular flexibility index (Phi) is 14.5. The Hall–Kier alpha value is -0.300. The molecule has 0 saturated heterocycles. The molecule has 0 spiro atoms. The number of hydrogen-bond acceptors (Lipinski definition) is 1. The largest absolute Gasteiger partial charge is 0.393 e. The lowest BCUT2D eigenvalue weighted by molar-refractivity contribution is 0.180. The Bertz CT molecular complexity index is 172. The lowest BCUT2D eigenvalue weighted by atomic mass is 10.1. The van der Waals surface area contributed by atoms with E-state index in [9.17, 15) is 0 Å². The third-order valence-electron chi connectivity index (χ3n) is 3.38. The smallest absolute Gasteiger partial charge is 0.0512 e. The van der Waals surface area contributed by atoms with Crippen molar-refractivity contribution in [3.8, 4) is 0 Å². The third kappa shape index (κ3) is 15.7. The molecule has 0 heterocycles. The summed E-state index contributed by atoms with van der Waals surface area (Å²) in [5, 5.41) is 9.12. The Morgan fingerprint density at radius 2 is 1.28 bits per heavy atom. The van der Waals surface area contributed by atoms with Gasteiger partial charge in [0.1, 0.15) is 0 Å². The zero-order chi connectivity index (χ0) is 13.5. The average molecular weight is 254 g/mol. The van der Waals surface area contributed by atoms with Crippen molar-refractivity contribution in [2.75, 3.05) is 0 Å². The zero-order valence-corrected chi connectivity index (χ0v) is 12.7. The molecule has 0 bridgehead atoms. The first kappa shape index (κ1) is 17.7. The van der Waals surface area contributed by atoms with Gasteiger partial charge in [-0.1, -0.05) is 70.4 Å². The second-order valence-electron chi connectivity index (χ2n) is 5.51. The van der Waals surface area contributed by atoms with Gasteiger partial charge < -0.3 is 5.11 Å². The monoisotopic (exact) mass is 254 g/mol. The van der Waals surface area contributed by atoms with Gasteiger partial charge in [0.2, 0.25) is 0 Å². The molecular weight excluding hydrogens is 220 g/mol. The SMILES string of the molecule is CCCC/C=C/CCCCCCCCCC(C)O. The van der Waals surface area contributed by atoms with E-state index in [0.29, 0.717) is 0 Å². The van der Waals surface area contributed by atoms with Crippen molar-refractivity contribution in [1.29, 1.82) is 0 Å². The first-order chi connectivity index (χ1) is 8.77. The van der Waals surface area contributed by atoms with Gasteiger partial charge in [-0.05, 0) is 32.6 Å². The van der Waals surface area contributed by atoms with E-state index in [0.717, 1.165) is 6.42 Å². The molecule has 0 fully saturated rings. The Labute approximate surface area is 115 Å². The van der Waals surface area contributed by atoms with Crippen molar-refractivity contribution in [2.24, 2.45) is 0 Å². The van der Waals surface area contributed by atoms with Gasteiger partial charge in [0.25, 0.3) is 0 Å². The third-order valence-corrected chi connectivity index (χ3v) is 3.38. The first-order valence-electron chi connectivity index (χ1n) is 8.10. The highest BCUT2D eigenvalue weighted by molar-refractivity contribution is 4.81. The van der Waals surface area contributed by atoms with E-state index in [1.807, 2.05) is 6.92 Å². The lowest BCUT2D eigenvalue weighted by Crippen LogP contribution is -1.98. The van der Waals surface area contributed by atoms with Gasteiger partial charge in [-0.25, -0.2) is 0 Å². The number of aliphatic hydroxyl groups excluding tert-OH is 1. The van der Waals surface area contributed by atoms with Crippen LogP contribution in [0.15, 0.2) is 12.2 Å². The second kappa shape index (κ2) is 14.8. The molecule has 1 atom stereocenters. The van der Waals surface area contributed by atoms with Gasteiger partial charge in [-0.2, -0.15) is 0 Å². The summed E-state index contributed by atoms with van der Waals surface area (Å²) in [5.41, 5.74) is 0. The summed E-state index contributed by atoms with van der Waals surface area (Å²) in [4.78, 5) is 0. The van der Waals surface area contributed by atoms with Crippen molar-refractivity contribution in [2.45, 2.75) is 97.0 Å². The van der Waals surface area contributed by atoms with Gasteiger partial charge in [-0.3, -0.25) is 0 Å². The first-order valence-corrected chi connectivity index (χ1v) is 8.10. The van der Waals surface area contributed by atoms with E-state index in [2.05, 4.69) is 19.1 Å². The summed E-state index contributed by atoms with van der Waals surface area (Å²) >= 11 is 0. The van der Waals surface area contributed by atoms with Crippen LogP contribution in [-0.2, 0) is 0 Å². The maximum Gasteiger partial charge on any atom is 0.0512 e. The summed E-state index contributed by atoms with van der Waals surface area (Å²) in [5.74, 6) is 0. The molecule has 108 valence electrons. The van der Waals surface area contributed by atoms with Crippen LogP contribution >= 0.6 is 0 Å². The number of rotatable bonds is 13. The fraction of sp³-hybridized carbons (Fsp3) is 0.882. The summed E-state index contributed by atoms with van der Waals surface area (Å²) in [6.07, 6.45) is 20.1. The number of unbranched alkanes of at least 4 members (excludes halogenated alkanes) is 9. The highest BCUT2D eigenvalue weighted by atomic mass is 16.3. The molecule has 1 nitrogen and oxygen atoms in total. The van der Waals surface area contributed by atoms with Crippen molar-refractivity contribution >= 4 is 0 Å². The van der Waals surface area contributed by atoms with E-state index in [1.54, 1.807) is 0 Å². The van der Waals surface area contributed by atoms with Crippen LogP contribution in [0.2, 0.25) is 0 Å². The van der Waals surface area contributed by atoms with Crippen LogP contribution < -0.4 is 0 Å². The summed E-state index contributed by atoms with van der Waals surface area (Å²) < 4.78 is 0. The topological polar surface area (TPSA) is 20.2 Å². The average Bonchev–Trinajstić information content (AvgIpc) is 2.34. The van der Waals surface area contributed by atoms with Gasteiger partial charge >= 0.3 is 0 Å². The van der Waals surface area contributed by atoms with E-state index in [1.165, 1.54) is 70.6 Å². The van der Waals surface area contributed by atoms with Crippen LogP contribution in [0.4, 0.5) is 0 Å². The molecule has 1 heteroatoms. The molecule has 0 aliphatic rings. The predicted molar refractivity (Wildman–Crippen MR) is 81.9 cm³/mol. The Morgan fingerprint density at radius 3 is 1.83 bits per heavy atom. The van der Waals surface area contributed by atoms with E-state index in [-0.39, 0.29) is 6.10 Å². The fourth-order valence-corrected chi connectivity index (χ4v) is 2.14. The van der Waals surface area contributed by atoms with Crippen molar-refractivity contribution in [3.05, 3.63) is 12.2 Å². The molecule has 0 aromatic heterocycles. The molecule has 18 heavy (non-hydrogen) atoms. The molecule has 0 aliphatic heterocycles. The van der Waals surface area contributed by atoms with Crippen LogP contribution in [0.5, 0.6) is 0 Å². The quantitative estimate of drug-likeness (QED) is 0.334. The molecule has 0 aromatic rings. The van der Waals surface area contributed by atoms with E-state index in [4.69, 9.17) is 5.11 Å². The van der Waals surface area contributed by atoms with Crippen LogP contribution in [0.3, 0.4) is 0 Å². The minimum absolute atomic E-state index is 0.107. The molecule has 0 rings (SSSR count). The highest BCUT2D eigenvalue weighted by Crippen LogP contribution is 2.11. The van der Waals surface area contributed by atoms with Gasteiger partial charge in [0, 0.05) is 0 Å². The number of aliphatic hydroxyl groups is 1. The van der Waals surface area contributed by atoms with Crippen LogP contribution in [0.1, 0.15) is 90.9 Å². The summed E-state index contributed by atoms with van der Waals surface area (Å²) in [6, 6.07) is 0. The lowest BCUT2D eigenvalue weighted by Gasteiger charge is -2.03. The Morgan fingerprint density at radius 1 is 0.778 bits per heavy atom. The van der Waals surface area contributed by atoms with Crippen molar-refractivity contribution in [1.82, 2.24) is 0 Å². The Balaban J connectivity index is 3.01. The normalized spacial score (nSPS) is 13.3. The van der Waals surface area contributed by atoms with Gasteiger partial charge in [0.15, 0.2) is 0 Å². The predicted octanol–water partition coefficient (Wildman–Crippen LogP) is 5.62. The fourth-order valence-electron chi connectivity index (χ4n) is 2.14. The van der Waals surface area contributed by atoms with Gasteiger partial charge in [-0.15, -0.1) is 0 Å². The van der Waals surface area contributed by atoms with Crippen LogP contribution in [0.25, 0.3) is 0 Å². The second-order valence-corrected chi connectivity index (χ2v) is 5.51. The molecule has 0 aliphatic carbocycles. The summed E-state index contributed by atoms with van der Waals surface area (Å²) in [6.45, 7) is 4.13. The molecular formula is C17H34O. The maximum absolute atomic E-state index is 9.12. The molecule has 0 saturated carbocycles.